The van der Waals surface area contributed by atoms with Gasteiger partial charge >= 0.3 is 0 Å². The van der Waals surface area contributed by atoms with Crippen molar-refractivity contribution in [3.05, 3.63) is 17.7 Å². The van der Waals surface area contributed by atoms with Gasteiger partial charge in [-0.3, -0.25) is 0 Å². The molecule has 1 aliphatic rings. The summed E-state index contributed by atoms with van der Waals surface area (Å²) >= 11 is 0. The highest BCUT2D eigenvalue weighted by atomic mass is 16.7. The summed E-state index contributed by atoms with van der Waals surface area (Å²) < 4.78 is 16.1. The SMILES string of the molecule is COc1cc([C@H](N)CCC(C)C)cc2c1OCO2. The molecule has 4 nitrogen and oxygen atoms in total. The molecule has 0 aromatic heterocycles. The quantitative estimate of drug-likeness (QED) is 0.874. The van der Waals surface area contributed by atoms with E-state index in [9.17, 15) is 0 Å². The molecule has 1 heterocycles. The Morgan fingerprint density at radius 2 is 2.06 bits per heavy atom. The summed E-state index contributed by atoms with van der Waals surface area (Å²) in [5.41, 5.74) is 7.25. The molecule has 100 valence electrons. The molecule has 0 fully saturated rings. The van der Waals surface area contributed by atoms with E-state index in [2.05, 4.69) is 13.8 Å². The standard InChI is InChI=1S/C14H21NO3/c1-9(2)4-5-11(15)10-6-12(16-3)14-13(7-10)17-8-18-14/h6-7,9,11H,4-5,8,15H2,1-3H3/t11-/m1/s1. The van der Waals surface area contributed by atoms with Crippen LogP contribution < -0.4 is 19.9 Å². The van der Waals surface area contributed by atoms with Crippen LogP contribution in [0.1, 0.15) is 38.3 Å². The first kappa shape index (κ1) is 13.0. The van der Waals surface area contributed by atoms with E-state index in [1.165, 1.54) is 0 Å². The Kier molecular flexibility index (Phi) is 3.97. The molecule has 1 aromatic carbocycles. The van der Waals surface area contributed by atoms with Gasteiger partial charge in [-0.2, -0.15) is 0 Å². The summed E-state index contributed by atoms with van der Waals surface area (Å²) in [6, 6.07) is 3.91. The van der Waals surface area contributed by atoms with Crippen LogP contribution in [0.15, 0.2) is 12.1 Å². The van der Waals surface area contributed by atoms with Gasteiger partial charge in [0, 0.05) is 6.04 Å². The second-order valence-electron chi connectivity index (χ2n) is 5.03. The number of methoxy groups -OCH3 is 1. The highest BCUT2D eigenvalue weighted by Gasteiger charge is 2.21. The summed E-state index contributed by atoms with van der Waals surface area (Å²) in [4.78, 5) is 0. The Hall–Kier alpha value is -1.42. The lowest BCUT2D eigenvalue weighted by molar-refractivity contribution is 0.171. The van der Waals surface area contributed by atoms with Crippen molar-refractivity contribution in [2.45, 2.75) is 32.7 Å². The van der Waals surface area contributed by atoms with Gasteiger partial charge in [-0.05, 0) is 36.5 Å². The van der Waals surface area contributed by atoms with Crippen molar-refractivity contribution in [2.75, 3.05) is 13.9 Å². The van der Waals surface area contributed by atoms with Gasteiger partial charge in [-0.1, -0.05) is 13.8 Å². The first-order valence-electron chi connectivity index (χ1n) is 6.35. The van der Waals surface area contributed by atoms with Crippen molar-refractivity contribution in [2.24, 2.45) is 11.7 Å². The molecule has 0 radical (unpaired) electrons. The van der Waals surface area contributed by atoms with E-state index in [1.807, 2.05) is 12.1 Å². The third kappa shape index (κ3) is 2.70. The first-order valence-corrected chi connectivity index (χ1v) is 6.35. The fraction of sp³-hybridized carbons (Fsp3) is 0.571. The van der Waals surface area contributed by atoms with Gasteiger partial charge in [-0.15, -0.1) is 0 Å². The lowest BCUT2D eigenvalue weighted by atomic mass is 9.98. The van der Waals surface area contributed by atoms with Crippen LogP contribution >= 0.6 is 0 Å². The van der Waals surface area contributed by atoms with E-state index in [-0.39, 0.29) is 12.8 Å². The fourth-order valence-electron chi connectivity index (χ4n) is 2.04. The number of fused-ring (bicyclic) bond motifs is 1. The zero-order valence-corrected chi connectivity index (χ0v) is 11.2. The first-order chi connectivity index (χ1) is 8.61. The molecule has 1 aromatic rings. The number of rotatable bonds is 5. The number of nitrogens with two attached hydrogens (primary N) is 1. The van der Waals surface area contributed by atoms with Gasteiger partial charge in [-0.25, -0.2) is 0 Å². The minimum atomic E-state index is 0.01000. The molecule has 18 heavy (non-hydrogen) atoms. The maximum absolute atomic E-state index is 6.21. The normalized spacial score (nSPS) is 14.9. The van der Waals surface area contributed by atoms with Crippen LogP contribution in [0.2, 0.25) is 0 Å². The molecule has 0 amide bonds. The third-order valence-electron chi connectivity index (χ3n) is 3.16. The molecule has 4 heteroatoms. The Morgan fingerprint density at radius 1 is 1.28 bits per heavy atom. The Balaban J connectivity index is 2.18. The van der Waals surface area contributed by atoms with Crippen molar-refractivity contribution >= 4 is 0 Å². The van der Waals surface area contributed by atoms with Crippen molar-refractivity contribution in [1.29, 1.82) is 0 Å². The van der Waals surface area contributed by atoms with Crippen LogP contribution in [0.3, 0.4) is 0 Å². The Labute approximate surface area is 108 Å². The molecule has 2 rings (SSSR count). The largest absolute Gasteiger partial charge is 0.493 e. The zero-order valence-electron chi connectivity index (χ0n) is 11.2. The summed E-state index contributed by atoms with van der Waals surface area (Å²) in [7, 11) is 1.63. The van der Waals surface area contributed by atoms with Crippen LogP contribution in [0.5, 0.6) is 17.2 Å². The lowest BCUT2D eigenvalue weighted by Gasteiger charge is -2.15. The molecule has 0 aliphatic carbocycles. The van der Waals surface area contributed by atoms with Crippen LogP contribution in [0.4, 0.5) is 0 Å². The smallest absolute Gasteiger partial charge is 0.231 e. The Bertz CT molecular complexity index is 418. The lowest BCUT2D eigenvalue weighted by Crippen LogP contribution is -2.11. The number of ether oxygens (including phenoxy) is 3. The maximum atomic E-state index is 6.21. The van der Waals surface area contributed by atoms with E-state index in [0.717, 1.165) is 24.2 Å². The number of hydrogen-bond donors (Lipinski definition) is 1. The predicted octanol–water partition coefficient (Wildman–Crippen LogP) is 2.86. The second kappa shape index (κ2) is 5.48. The van der Waals surface area contributed by atoms with E-state index < -0.39 is 0 Å². The highest BCUT2D eigenvalue weighted by molar-refractivity contribution is 5.55. The average Bonchev–Trinajstić information content (AvgIpc) is 2.82. The van der Waals surface area contributed by atoms with Gasteiger partial charge < -0.3 is 19.9 Å². The summed E-state index contributed by atoms with van der Waals surface area (Å²) in [6.45, 7) is 4.65. The average molecular weight is 251 g/mol. The molecular weight excluding hydrogens is 230 g/mol. The maximum Gasteiger partial charge on any atom is 0.231 e. The van der Waals surface area contributed by atoms with Crippen LogP contribution in [0, 0.1) is 5.92 Å². The van der Waals surface area contributed by atoms with Crippen molar-refractivity contribution in [3.63, 3.8) is 0 Å². The third-order valence-corrected chi connectivity index (χ3v) is 3.16. The van der Waals surface area contributed by atoms with Gasteiger partial charge in [0.1, 0.15) is 0 Å². The van der Waals surface area contributed by atoms with Gasteiger partial charge in [0.05, 0.1) is 7.11 Å². The molecule has 0 spiro atoms. The van der Waals surface area contributed by atoms with Crippen molar-refractivity contribution < 1.29 is 14.2 Å². The molecule has 0 unspecified atom stereocenters. The molecular formula is C14H21NO3. The highest BCUT2D eigenvalue weighted by Crippen LogP contribution is 2.43. The Morgan fingerprint density at radius 3 is 2.72 bits per heavy atom. The predicted molar refractivity (Wildman–Crippen MR) is 70.1 cm³/mol. The van der Waals surface area contributed by atoms with E-state index in [1.54, 1.807) is 7.11 Å². The van der Waals surface area contributed by atoms with E-state index >= 15 is 0 Å². The van der Waals surface area contributed by atoms with Crippen LogP contribution in [-0.4, -0.2) is 13.9 Å². The zero-order chi connectivity index (χ0) is 13.1. The topological polar surface area (TPSA) is 53.7 Å². The van der Waals surface area contributed by atoms with Gasteiger partial charge in [0.25, 0.3) is 0 Å². The minimum Gasteiger partial charge on any atom is -0.493 e. The second-order valence-corrected chi connectivity index (χ2v) is 5.03. The fourth-order valence-corrected chi connectivity index (χ4v) is 2.04. The summed E-state index contributed by atoms with van der Waals surface area (Å²) in [5.74, 6) is 2.76. The summed E-state index contributed by atoms with van der Waals surface area (Å²) in [5, 5.41) is 0. The molecule has 2 N–H and O–H groups in total. The van der Waals surface area contributed by atoms with Gasteiger partial charge in [0.2, 0.25) is 12.5 Å². The van der Waals surface area contributed by atoms with Crippen molar-refractivity contribution in [3.8, 4) is 17.2 Å². The molecule has 1 atom stereocenters. The number of hydrogen-bond acceptors (Lipinski definition) is 4. The molecule has 1 aliphatic heterocycles. The van der Waals surface area contributed by atoms with Crippen molar-refractivity contribution in [1.82, 2.24) is 0 Å². The minimum absolute atomic E-state index is 0.01000. The monoisotopic (exact) mass is 251 g/mol. The van der Waals surface area contributed by atoms with Crippen LogP contribution in [-0.2, 0) is 0 Å². The molecule has 0 bridgehead atoms. The van der Waals surface area contributed by atoms with E-state index in [4.69, 9.17) is 19.9 Å². The number of benzene rings is 1. The van der Waals surface area contributed by atoms with Gasteiger partial charge in [0.15, 0.2) is 11.5 Å². The molecule has 0 saturated carbocycles. The van der Waals surface area contributed by atoms with Crippen LogP contribution in [0.25, 0.3) is 0 Å². The summed E-state index contributed by atoms with van der Waals surface area (Å²) in [6.07, 6.45) is 2.07. The molecule has 0 saturated heterocycles. The van der Waals surface area contributed by atoms with E-state index in [0.29, 0.717) is 17.4 Å².